The van der Waals surface area contributed by atoms with Crippen LogP contribution in [0.4, 0.5) is 0 Å². The van der Waals surface area contributed by atoms with E-state index in [1.54, 1.807) is 0 Å². The monoisotopic (exact) mass is 432 g/mol. The van der Waals surface area contributed by atoms with E-state index in [4.69, 9.17) is 9.05 Å². The van der Waals surface area contributed by atoms with Crippen molar-refractivity contribution in [2.75, 3.05) is 12.8 Å². The van der Waals surface area contributed by atoms with Crippen LogP contribution in [0.15, 0.2) is 42.5 Å². The summed E-state index contributed by atoms with van der Waals surface area (Å²) in [6, 6.07) is 13.9. The highest BCUT2D eigenvalue weighted by atomic mass is 31.2. The van der Waals surface area contributed by atoms with E-state index in [1.165, 1.54) is 64.2 Å². The van der Waals surface area contributed by atoms with Gasteiger partial charge in [0.2, 0.25) is 0 Å². The average molecular weight is 433 g/mol. The molecular formula is C26H41O3P. The lowest BCUT2D eigenvalue weighted by Crippen LogP contribution is -2.03. The van der Waals surface area contributed by atoms with Crippen molar-refractivity contribution in [1.29, 1.82) is 0 Å². The Morgan fingerprint density at radius 1 is 0.700 bits per heavy atom. The summed E-state index contributed by atoms with van der Waals surface area (Å²) in [5, 5.41) is 2.07. The lowest BCUT2D eigenvalue weighted by atomic mass is 10.1. The first kappa shape index (κ1) is 25.0. The van der Waals surface area contributed by atoms with Gasteiger partial charge in [-0.2, -0.15) is 0 Å². The van der Waals surface area contributed by atoms with Gasteiger partial charge in [0.05, 0.1) is 12.8 Å². The van der Waals surface area contributed by atoms with Crippen LogP contribution >= 0.6 is 7.60 Å². The molecule has 0 aliphatic rings. The van der Waals surface area contributed by atoms with Gasteiger partial charge in [-0.05, 0) is 24.8 Å². The number of fused-ring (bicyclic) bond motifs is 1. The molecule has 30 heavy (non-hydrogen) atoms. The van der Waals surface area contributed by atoms with Crippen molar-refractivity contribution in [3.8, 4) is 5.75 Å². The Labute approximate surface area is 184 Å². The Kier molecular flexibility index (Phi) is 12.2. The standard InChI is InChI=1S/C26H41O3P/c1-3-5-6-7-8-9-10-11-12-13-14-17-23-30(27,28-4-2)29-26-22-18-20-24-19-15-16-21-25(24)26/h15-16,18-22H,3-14,17,23H2,1-2H3. The Balaban J connectivity index is 1.68. The molecule has 0 amide bonds. The highest BCUT2D eigenvalue weighted by molar-refractivity contribution is 7.54. The van der Waals surface area contributed by atoms with Crippen molar-refractivity contribution >= 4 is 18.4 Å². The minimum absolute atomic E-state index is 0.403. The zero-order chi connectivity index (χ0) is 21.5. The van der Waals surface area contributed by atoms with Crippen LogP contribution in [0.2, 0.25) is 0 Å². The second kappa shape index (κ2) is 14.7. The maximum absolute atomic E-state index is 13.3. The van der Waals surface area contributed by atoms with Gasteiger partial charge in [0, 0.05) is 5.39 Å². The van der Waals surface area contributed by atoms with Crippen LogP contribution in [0.5, 0.6) is 5.75 Å². The lowest BCUT2D eigenvalue weighted by Gasteiger charge is -2.19. The molecule has 0 spiro atoms. The van der Waals surface area contributed by atoms with Gasteiger partial charge in [-0.3, -0.25) is 0 Å². The molecule has 0 saturated heterocycles. The van der Waals surface area contributed by atoms with Crippen LogP contribution in [0.1, 0.15) is 90.9 Å². The summed E-state index contributed by atoms with van der Waals surface area (Å²) in [4.78, 5) is 0. The summed E-state index contributed by atoms with van der Waals surface area (Å²) >= 11 is 0. The van der Waals surface area contributed by atoms with Crippen molar-refractivity contribution in [3.05, 3.63) is 42.5 Å². The molecule has 2 aromatic rings. The number of rotatable bonds is 17. The minimum Gasteiger partial charge on any atom is -0.424 e. The summed E-state index contributed by atoms with van der Waals surface area (Å²) in [6.45, 7) is 4.55. The summed E-state index contributed by atoms with van der Waals surface area (Å²) in [7, 11) is -3.13. The zero-order valence-electron chi connectivity index (χ0n) is 19.1. The quantitative estimate of drug-likeness (QED) is 0.185. The molecule has 0 N–H and O–H groups in total. The molecule has 3 nitrogen and oxygen atoms in total. The van der Waals surface area contributed by atoms with Crippen molar-refractivity contribution in [2.45, 2.75) is 90.9 Å². The third kappa shape index (κ3) is 9.23. The van der Waals surface area contributed by atoms with E-state index < -0.39 is 7.60 Å². The third-order valence-electron chi connectivity index (χ3n) is 5.60. The smallest absolute Gasteiger partial charge is 0.379 e. The molecule has 0 aliphatic carbocycles. The highest BCUT2D eigenvalue weighted by Gasteiger charge is 2.25. The SMILES string of the molecule is CCCCCCCCCCCCCCP(=O)(OCC)Oc1cccc2ccccc12. The van der Waals surface area contributed by atoms with Crippen molar-refractivity contribution in [2.24, 2.45) is 0 Å². The van der Waals surface area contributed by atoms with Crippen LogP contribution < -0.4 is 4.52 Å². The molecule has 0 bridgehead atoms. The maximum Gasteiger partial charge on any atom is 0.379 e. The molecule has 4 heteroatoms. The van der Waals surface area contributed by atoms with E-state index in [1.807, 2.05) is 49.4 Å². The minimum atomic E-state index is -3.13. The van der Waals surface area contributed by atoms with Gasteiger partial charge in [0.25, 0.3) is 0 Å². The first-order valence-electron chi connectivity index (χ1n) is 12.1. The summed E-state index contributed by atoms with van der Waals surface area (Å²) in [6.07, 6.45) is 15.9. The molecule has 168 valence electrons. The number of hydrogen-bond donors (Lipinski definition) is 0. The number of hydrogen-bond acceptors (Lipinski definition) is 3. The zero-order valence-corrected chi connectivity index (χ0v) is 20.0. The normalized spacial score (nSPS) is 13.4. The molecule has 0 heterocycles. The van der Waals surface area contributed by atoms with Crippen LogP contribution in [-0.4, -0.2) is 12.8 Å². The van der Waals surface area contributed by atoms with Gasteiger partial charge in [-0.1, -0.05) is 114 Å². The Hall–Kier alpha value is -1.31. The molecule has 0 aromatic heterocycles. The largest absolute Gasteiger partial charge is 0.424 e. The first-order valence-corrected chi connectivity index (χ1v) is 13.8. The van der Waals surface area contributed by atoms with Gasteiger partial charge in [0.1, 0.15) is 5.75 Å². The summed E-state index contributed by atoms with van der Waals surface area (Å²) in [5.41, 5.74) is 0. The van der Waals surface area contributed by atoms with Gasteiger partial charge in [-0.15, -0.1) is 0 Å². The molecule has 1 unspecified atom stereocenters. The molecule has 0 fully saturated rings. The van der Waals surface area contributed by atoms with Crippen molar-refractivity contribution in [1.82, 2.24) is 0 Å². The second-order valence-electron chi connectivity index (χ2n) is 8.21. The summed E-state index contributed by atoms with van der Waals surface area (Å²) in [5.74, 6) is 0.656. The second-order valence-corrected chi connectivity index (χ2v) is 10.3. The number of benzene rings is 2. The Morgan fingerprint density at radius 2 is 1.27 bits per heavy atom. The Morgan fingerprint density at radius 3 is 1.90 bits per heavy atom. The molecule has 0 aliphatic heterocycles. The Bertz CT molecular complexity index is 754. The molecular weight excluding hydrogens is 391 g/mol. The van der Waals surface area contributed by atoms with E-state index in [9.17, 15) is 4.57 Å². The fourth-order valence-electron chi connectivity index (χ4n) is 3.90. The van der Waals surface area contributed by atoms with E-state index in [-0.39, 0.29) is 0 Å². The average Bonchev–Trinajstić information content (AvgIpc) is 2.75. The predicted molar refractivity (Wildman–Crippen MR) is 130 cm³/mol. The topological polar surface area (TPSA) is 35.5 Å². The van der Waals surface area contributed by atoms with E-state index in [2.05, 4.69) is 6.92 Å². The third-order valence-corrected chi connectivity index (χ3v) is 7.59. The van der Waals surface area contributed by atoms with Crippen molar-refractivity contribution < 1.29 is 13.6 Å². The fourth-order valence-corrected chi connectivity index (χ4v) is 5.64. The maximum atomic E-state index is 13.3. The van der Waals surface area contributed by atoms with Gasteiger partial charge >= 0.3 is 7.60 Å². The first-order chi connectivity index (χ1) is 14.7. The molecule has 0 saturated carbocycles. The van der Waals surface area contributed by atoms with Gasteiger partial charge in [-0.25, -0.2) is 4.57 Å². The highest BCUT2D eigenvalue weighted by Crippen LogP contribution is 2.50. The molecule has 0 radical (unpaired) electrons. The van der Waals surface area contributed by atoms with Gasteiger partial charge < -0.3 is 9.05 Å². The van der Waals surface area contributed by atoms with E-state index in [0.29, 0.717) is 18.5 Å². The van der Waals surface area contributed by atoms with Crippen LogP contribution in [0, 0.1) is 0 Å². The van der Waals surface area contributed by atoms with Gasteiger partial charge in [0.15, 0.2) is 0 Å². The molecule has 1 atom stereocenters. The van der Waals surface area contributed by atoms with Crippen LogP contribution in [0.3, 0.4) is 0 Å². The predicted octanol–water partition coefficient (Wildman–Crippen LogP) is 9.15. The molecule has 2 rings (SSSR count). The van der Waals surface area contributed by atoms with Crippen LogP contribution in [0.25, 0.3) is 10.8 Å². The van der Waals surface area contributed by atoms with Crippen molar-refractivity contribution in [3.63, 3.8) is 0 Å². The lowest BCUT2D eigenvalue weighted by molar-refractivity contribution is 0.279. The van der Waals surface area contributed by atoms with Crippen LogP contribution in [-0.2, 0) is 9.09 Å². The van der Waals surface area contributed by atoms with E-state index in [0.717, 1.165) is 23.6 Å². The van der Waals surface area contributed by atoms with E-state index >= 15 is 0 Å². The summed E-state index contributed by atoms with van der Waals surface area (Å²) < 4.78 is 24.9. The molecule has 2 aromatic carbocycles. The fraction of sp³-hybridized carbons (Fsp3) is 0.615. The number of unbranched alkanes of at least 4 members (excludes halogenated alkanes) is 11.